The van der Waals surface area contributed by atoms with Gasteiger partial charge in [0.25, 0.3) is 0 Å². The van der Waals surface area contributed by atoms with Crippen LogP contribution in [0.4, 0.5) is 5.82 Å². The molecule has 2 heterocycles. The van der Waals surface area contributed by atoms with Crippen LogP contribution in [0.15, 0.2) is 42.7 Å². The standard InChI is InChI=1S/C16H15ClN4/c1-10-5-3-7-12(14(10)17)15-13(16(18)21(2)20-15)11-6-4-8-19-9-11/h3-9H,18H2,1-2H3. The summed E-state index contributed by atoms with van der Waals surface area (Å²) in [7, 11) is 1.82. The van der Waals surface area contributed by atoms with E-state index >= 15 is 0 Å². The highest BCUT2D eigenvalue weighted by Crippen LogP contribution is 2.39. The number of nitrogens with zero attached hydrogens (tertiary/aromatic N) is 3. The molecule has 106 valence electrons. The van der Waals surface area contributed by atoms with Gasteiger partial charge in [0.2, 0.25) is 0 Å². The molecule has 5 heteroatoms. The van der Waals surface area contributed by atoms with Crippen LogP contribution in [-0.2, 0) is 7.05 Å². The van der Waals surface area contributed by atoms with E-state index in [0.717, 1.165) is 27.9 Å². The molecular formula is C16H15ClN4. The number of aromatic nitrogens is 3. The third kappa shape index (κ3) is 2.28. The van der Waals surface area contributed by atoms with Crippen molar-refractivity contribution < 1.29 is 0 Å². The number of halogens is 1. The fourth-order valence-electron chi connectivity index (χ4n) is 2.35. The van der Waals surface area contributed by atoms with Gasteiger partial charge in [-0.2, -0.15) is 5.10 Å². The van der Waals surface area contributed by atoms with Crippen molar-refractivity contribution in [1.82, 2.24) is 14.8 Å². The van der Waals surface area contributed by atoms with E-state index in [-0.39, 0.29) is 0 Å². The summed E-state index contributed by atoms with van der Waals surface area (Å²) >= 11 is 6.44. The average Bonchev–Trinajstić information content (AvgIpc) is 2.78. The van der Waals surface area contributed by atoms with Crippen LogP contribution in [0.25, 0.3) is 22.4 Å². The minimum Gasteiger partial charge on any atom is -0.383 e. The van der Waals surface area contributed by atoms with E-state index in [9.17, 15) is 0 Å². The predicted molar refractivity (Wildman–Crippen MR) is 86.0 cm³/mol. The number of benzene rings is 1. The van der Waals surface area contributed by atoms with Gasteiger partial charge in [-0.05, 0) is 18.6 Å². The first kappa shape index (κ1) is 13.6. The molecule has 0 aliphatic rings. The molecule has 3 rings (SSSR count). The first-order valence-electron chi connectivity index (χ1n) is 6.58. The summed E-state index contributed by atoms with van der Waals surface area (Å²) in [4.78, 5) is 4.16. The summed E-state index contributed by atoms with van der Waals surface area (Å²) in [5.41, 5.74) is 10.6. The monoisotopic (exact) mass is 298 g/mol. The largest absolute Gasteiger partial charge is 0.383 e. The molecule has 0 atom stereocenters. The molecule has 0 amide bonds. The maximum Gasteiger partial charge on any atom is 0.129 e. The number of nitrogens with two attached hydrogens (primary N) is 1. The number of hydrogen-bond acceptors (Lipinski definition) is 3. The zero-order valence-corrected chi connectivity index (χ0v) is 12.6. The lowest BCUT2D eigenvalue weighted by Crippen LogP contribution is -1.98. The SMILES string of the molecule is Cc1cccc(-c2nn(C)c(N)c2-c2cccnc2)c1Cl. The third-order valence-electron chi connectivity index (χ3n) is 3.49. The Morgan fingerprint density at radius 1 is 1.19 bits per heavy atom. The Bertz CT molecular complexity index is 794. The van der Waals surface area contributed by atoms with Crippen molar-refractivity contribution in [2.45, 2.75) is 6.92 Å². The van der Waals surface area contributed by atoms with Crippen LogP contribution >= 0.6 is 11.6 Å². The van der Waals surface area contributed by atoms with Crippen molar-refractivity contribution in [3.8, 4) is 22.4 Å². The molecule has 1 aromatic carbocycles. The molecule has 2 N–H and O–H groups in total. The van der Waals surface area contributed by atoms with Gasteiger partial charge in [-0.15, -0.1) is 0 Å². The summed E-state index contributed by atoms with van der Waals surface area (Å²) in [5, 5.41) is 5.23. The van der Waals surface area contributed by atoms with E-state index in [2.05, 4.69) is 10.1 Å². The average molecular weight is 299 g/mol. The van der Waals surface area contributed by atoms with Crippen molar-refractivity contribution in [2.75, 3.05) is 5.73 Å². The Kier molecular flexibility index (Phi) is 3.39. The van der Waals surface area contributed by atoms with Gasteiger partial charge in [0.05, 0.1) is 10.6 Å². The van der Waals surface area contributed by atoms with E-state index in [4.69, 9.17) is 17.3 Å². The lowest BCUT2D eigenvalue weighted by Gasteiger charge is -2.07. The predicted octanol–water partition coefficient (Wildman–Crippen LogP) is 3.69. The molecule has 4 nitrogen and oxygen atoms in total. The van der Waals surface area contributed by atoms with Gasteiger partial charge in [0.1, 0.15) is 11.5 Å². The summed E-state index contributed by atoms with van der Waals surface area (Å²) in [5.74, 6) is 0.593. The number of nitrogen functional groups attached to an aromatic ring is 1. The zero-order chi connectivity index (χ0) is 15.0. The van der Waals surface area contributed by atoms with Gasteiger partial charge >= 0.3 is 0 Å². The van der Waals surface area contributed by atoms with Crippen LogP contribution in [0.3, 0.4) is 0 Å². The molecule has 3 aromatic rings. The Balaban J connectivity index is 2.30. The maximum atomic E-state index is 6.44. The van der Waals surface area contributed by atoms with Crippen LogP contribution in [-0.4, -0.2) is 14.8 Å². The van der Waals surface area contributed by atoms with Crippen molar-refractivity contribution in [1.29, 1.82) is 0 Å². The Hall–Kier alpha value is -2.33. The number of hydrogen-bond donors (Lipinski definition) is 1. The molecule has 21 heavy (non-hydrogen) atoms. The van der Waals surface area contributed by atoms with Gasteiger partial charge < -0.3 is 5.73 Å². The summed E-state index contributed by atoms with van der Waals surface area (Å²) < 4.78 is 1.66. The van der Waals surface area contributed by atoms with E-state index < -0.39 is 0 Å². The van der Waals surface area contributed by atoms with Gasteiger partial charge in [0.15, 0.2) is 0 Å². The van der Waals surface area contributed by atoms with Crippen LogP contribution < -0.4 is 5.73 Å². The second kappa shape index (κ2) is 5.22. The number of anilines is 1. The molecular weight excluding hydrogens is 284 g/mol. The molecule has 0 aliphatic heterocycles. The topological polar surface area (TPSA) is 56.7 Å². The summed E-state index contributed by atoms with van der Waals surface area (Å²) in [6, 6.07) is 9.74. The molecule has 0 radical (unpaired) electrons. The number of pyridine rings is 1. The minimum atomic E-state index is 0.593. The first-order valence-corrected chi connectivity index (χ1v) is 6.95. The second-order valence-electron chi connectivity index (χ2n) is 4.91. The van der Waals surface area contributed by atoms with E-state index in [1.54, 1.807) is 17.1 Å². The fourth-order valence-corrected chi connectivity index (χ4v) is 2.57. The van der Waals surface area contributed by atoms with Gasteiger partial charge in [-0.1, -0.05) is 35.9 Å². The molecule has 0 fully saturated rings. The lowest BCUT2D eigenvalue weighted by molar-refractivity contribution is 0.782. The van der Waals surface area contributed by atoms with Crippen LogP contribution in [0.2, 0.25) is 5.02 Å². The molecule has 2 aromatic heterocycles. The Morgan fingerprint density at radius 3 is 2.71 bits per heavy atom. The van der Waals surface area contributed by atoms with Gasteiger partial charge in [0, 0.05) is 30.6 Å². The van der Waals surface area contributed by atoms with Gasteiger partial charge in [-0.25, -0.2) is 0 Å². The summed E-state index contributed by atoms with van der Waals surface area (Å²) in [6.07, 6.45) is 3.51. The van der Waals surface area contributed by atoms with E-state index in [0.29, 0.717) is 10.8 Å². The minimum absolute atomic E-state index is 0.593. The van der Waals surface area contributed by atoms with Crippen molar-refractivity contribution in [2.24, 2.45) is 7.05 Å². The maximum absolute atomic E-state index is 6.44. The van der Waals surface area contributed by atoms with Crippen LogP contribution in [0.5, 0.6) is 0 Å². The molecule has 0 saturated carbocycles. The normalized spacial score (nSPS) is 10.8. The third-order valence-corrected chi connectivity index (χ3v) is 3.99. The molecule has 0 spiro atoms. The van der Waals surface area contributed by atoms with Crippen molar-refractivity contribution >= 4 is 17.4 Å². The van der Waals surface area contributed by atoms with E-state index in [1.807, 2.05) is 44.3 Å². The first-order chi connectivity index (χ1) is 10.1. The van der Waals surface area contributed by atoms with E-state index in [1.165, 1.54) is 0 Å². The van der Waals surface area contributed by atoms with Crippen LogP contribution in [0.1, 0.15) is 5.56 Å². The zero-order valence-electron chi connectivity index (χ0n) is 11.8. The number of aryl methyl sites for hydroxylation is 2. The second-order valence-corrected chi connectivity index (χ2v) is 5.29. The van der Waals surface area contributed by atoms with Crippen molar-refractivity contribution in [3.63, 3.8) is 0 Å². The lowest BCUT2D eigenvalue weighted by atomic mass is 10.0. The molecule has 0 saturated heterocycles. The fraction of sp³-hybridized carbons (Fsp3) is 0.125. The molecule has 0 unspecified atom stereocenters. The number of rotatable bonds is 2. The highest BCUT2D eigenvalue weighted by atomic mass is 35.5. The van der Waals surface area contributed by atoms with Crippen LogP contribution in [0, 0.1) is 6.92 Å². The van der Waals surface area contributed by atoms with Crippen molar-refractivity contribution in [3.05, 3.63) is 53.3 Å². The summed E-state index contributed by atoms with van der Waals surface area (Å²) in [6.45, 7) is 1.97. The quantitative estimate of drug-likeness (QED) is 0.785. The molecule has 0 aliphatic carbocycles. The Morgan fingerprint density at radius 2 is 2.00 bits per heavy atom. The van der Waals surface area contributed by atoms with Gasteiger partial charge in [-0.3, -0.25) is 9.67 Å². The molecule has 0 bridgehead atoms. The smallest absolute Gasteiger partial charge is 0.129 e. The Labute approximate surface area is 128 Å². The highest BCUT2D eigenvalue weighted by molar-refractivity contribution is 6.34. The highest BCUT2D eigenvalue weighted by Gasteiger charge is 2.19.